The van der Waals surface area contributed by atoms with Crippen LogP contribution in [0.4, 0.5) is 5.69 Å². The molecule has 2 amide bonds. The molecule has 0 saturated carbocycles. The van der Waals surface area contributed by atoms with E-state index >= 15 is 0 Å². The van der Waals surface area contributed by atoms with Crippen molar-refractivity contribution < 1.29 is 9.59 Å². The highest BCUT2D eigenvalue weighted by molar-refractivity contribution is 6.35. The van der Waals surface area contributed by atoms with E-state index in [4.69, 9.17) is 23.2 Å². The maximum absolute atomic E-state index is 12.1. The Hall–Kier alpha value is -2.04. The number of amides is 2. The highest BCUT2D eigenvalue weighted by Crippen LogP contribution is 2.25. The highest BCUT2D eigenvalue weighted by Gasteiger charge is 2.13. The summed E-state index contributed by atoms with van der Waals surface area (Å²) < 4.78 is 0. The van der Waals surface area contributed by atoms with Gasteiger partial charge in [-0.15, -0.1) is 0 Å². The van der Waals surface area contributed by atoms with Crippen LogP contribution in [0.15, 0.2) is 42.5 Å². The monoisotopic (exact) mass is 364 g/mol. The molecular weight excluding hydrogens is 347 g/mol. The number of hydrogen-bond acceptors (Lipinski definition) is 2. The fraction of sp³-hybridized carbons (Fsp3) is 0.222. The van der Waals surface area contributed by atoms with Crippen molar-refractivity contribution in [1.29, 1.82) is 0 Å². The van der Waals surface area contributed by atoms with Crippen molar-refractivity contribution in [2.24, 2.45) is 0 Å². The van der Waals surface area contributed by atoms with Crippen LogP contribution in [0.5, 0.6) is 0 Å². The minimum absolute atomic E-state index is 0.155. The third-order valence-corrected chi connectivity index (χ3v) is 3.91. The topological polar surface area (TPSA) is 49.4 Å². The summed E-state index contributed by atoms with van der Waals surface area (Å²) in [5.74, 6) is -0.333. The van der Waals surface area contributed by atoms with Gasteiger partial charge in [0.2, 0.25) is 5.91 Å². The van der Waals surface area contributed by atoms with E-state index in [2.05, 4.69) is 5.32 Å². The zero-order valence-corrected chi connectivity index (χ0v) is 15.0. The summed E-state index contributed by atoms with van der Waals surface area (Å²) in [6.07, 6.45) is 0. The van der Waals surface area contributed by atoms with E-state index in [1.807, 2.05) is 19.1 Å². The van der Waals surface area contributed by atoms with Gasteiger partial charge in [0.05, 0.1) is 0 Å². The van der Waals surface area contributed by atoms with Crippen LogP contribution >= 0.6 is 23.2 Å². The minimum atomic E-state index is -0.178. The minimum Gasteiger partial charge on any atom is -0.350 e. The Labute approximate surface area is 151 Å². The van der Waals surface area contributed by atoms with Gasteiger partial charge in [0, 0.05) is 41.3 Å². The molecule has 0 aliphatic heterocycles. The highest BCUT2D eigenvalue weighted by atomic mass is 35.5. The predicted octanol–water partition coefficient (Wildman–Crippen LogP) is 4.08. The van der Waals surface area contributed by atoms with Crippen molar-refractivity contribution in [3.8, 4) is 0 Å². The number of carbonyl (C=O) groups excluding carboxylic acids is 2. The quantitative estimate of drug-likeness (QED) is 0.868. The van der Waals surface area contributed by atoms with E-state index in [-0.39, 0.29) is 11.8 Å². The molecule has 2 aromatic rings. The zero-order chi connectivity index (χ0) is 17.7. The van der Waals surface area contributed by atoms with E-state index in [9.17, 15) is 9.59 Å². The molecule has 0 spiro atoms. The molecule has 0 bridgehead atoms. The number of halogens is 2. The molecule has 0 saturated heterocycles. The molecule has 2 aromatic carbocycles. The van der Waals surface area contributed by atoms with Crippen molar-refractivity contribution in [3.05, 3.63) is 63.6 Å². The molecule has 24 heavy (non-hydrogen) atoms. The number of rotatable bonds is 5. The van der Waals surface area contributed by atoms with Gasteiger partial charge in [0.25, 0.3) is 5.91 Å². The van der Waals surface area contributed by atoms with Gasteiger partial charge >= 0.3 is 0 Å². The van der Waals surface area contributed by atoms with Gasteiger partial charge in [0.15, 0.2) is 0 Å². The standard InChI is InChI=1S/C18H18Cl2N2O2/c1-12-3-5-14(6-4-12)18(24)21-7-8-22(13(2)23)17-10-15(19)9-16(20)11-17/h3-6,9-11H,7-8H2,1-2H3,(H,21,24). The summed E-state index contributed by atoms with van der Waals surface area (Å²) in [7, 11) is 0. The van der Waals surface area contributed by atoms with Crippen molar-refractivity contribution in [3.63, 3.8) is 0 Å². The number of benzene rings is 2. The number of anilines is 1. The Morgan fingerprint density at radius 2 is 1.62 bits per heavy atom. The molecule has 0 aliphatic carbocycles. The maximum Gasteiger partial charge on any atom is 0.251 e. The van der Waals surface area contributed by atoms with Crippen LogP contribution in [-0.2, 0) is 4.79 Å². The predicted molar refractivity (Wildman–Crippen MR) is 98.0 cm³/mol. The summed E-state index contributed by atoms with van der Waals surface area (Å²) in [6.45, 7) is 4.05. The molecule has 2 rings (SSSR count). The van der Waals surface area contributed by atoms with Crippen molar-refractivity contribution >= 4 is 40.7 Å². The summed E-state index contributed by atoms with van der Waals surface area (Å²) >= 11 is 12.0. The lowest BCUT2D eigenvalue weighted by atomic mass is 10.1. The van der Waals surface area contributed by atoms with Crippen LogP contribution in [0.2, 0.25) is 10.0 Å². The summed E-state index contributed by atoms with van der Waals surface area (Å²) in [5.41, 5.74) is 2.28. The normalized spacial score (nSPS) is 10.3. The second kappa shape index (κ2) is 8.18. The second-order valence-corrected chi connectivity index (χ2v) is 6.29. The molecule has 0 atom stereocenters. The van der Waals surface area contributed by atoms with Gasteiger partial charge in [-0.2, -0.15) is 0 Å². The molecule has 6 heteroatoms. The van der Waals surface area contributed by atoms with Gasteiger partial charge in [0.1, 0.15) is 0 Å². The Balaban J connectivity index is 2.00. The molecule has 0 aliphatic rings. The van der Waals surface area contributed by atoms with E-state index in [0.29, 0.717) is 34.4 Å². The van der Waals surface area contributed by atoms with Gasteiger partial charge in [-0.05, 0) is 37.3 Å². The first-order valence-electron chi connectivity index (χ1n) is 7.46. The number of aryl methyl sites for hydroxylation is 1. The molecule has 0 radical (unpaired) electrons. The Kier molecular flexibility index (Phi) is 6.23. The molecule has 0 aromatic heterocycles. The summed E-state index contributed by atoms with van der Waals surface area (Å²) in [6, 6.07) is 12.2. The second-order valence-electron chi connectivity index (χ2n) is 5.42. The van der Waals surface area contributed by atoms with Crippen LogP contribution in [0.3, 0.4) is 0 Å². The first-order chi connectivity index (χ1) is 11.4. The zero-order valence-electron chi connectivity index (χ0n) is 13.5. The summed E-state index contributed by atoms with van der Waals surface area (Å²) in [5, 5.41) is 3.71. The fourth-order valence-electron chi connectivity index (χ4n) is 2.25. The van der Waals surface area contributed by atoms with E-state index < -0.39 is 0 Å². The van der Waals surface area contributed by atoms with Crippen LogP contribution in [0.1, 0.15) is 22.8 Å². The average Bonchev–Trinajstić information content (AvgIpc) is 2.50. The van der Waals surface area contributed by atoms with Crippen LogP contribution in [0, 0.1) is 6.92 Å². The first-order valence-corrected chi connectivity index (χ1v) is 8.21. The molecule has 0 unspecified atom stereocenters. The number of nitrogens with one attached hydrogen (secondary N) is 1. The lowest BCUT2D eigenvalue weighted by molar-refractivity contribution is -0.116. The van der Waals surface area contributed by atoms with Crippen LogP contribution < -0.4 is 10.2 Å². The molecule has 0 fully saturated rings. The lowest BCUT2D eigenvalue weighted by Crippen LogP contribution is -2.37. The van der Waals surface area contributed by atoms with Crippen molar-refractivity contribution in [2.45, 2.75) is 13.8 Å². The summed E-state index contributed by atoms with van der Waals surface area (Å²) in [4.78, 5) is 25.5. The third kappa shape index (κ3) is 4.98. The average molecular weight is 365 g/mol. The van der Waals surface area contributed by atoms with E-state index in [1.54, 1.807) is 30.3 Å². The first kappa shape index (κ1) is 18.3. The van der Waals surface area contributed by atoms with Crippen LogP contribution in [-0.4, -0.2) is 24.9 Å². The fourth-order valence-corrected chi connectivity index (χ4v) is 2.77. The molecule has 126 valence electrons. The van der Waals surface area contributed by atoms with Gasteiger partial charge in [-0.25, -0.2) is 0 Å². The van der Waals surface area contributed by atoms with E-state index in [0.717, 1.165) is 5.56 Å². The van der Waals surface area contributed by atoms with Gasteiger partial charge in [-0.1, -0.05) is 40.9 Å². The van der Waals surface area contributed by atoms with Crippen LogP contribution in [0.25, 0.3) is 0 Å². The lowest BCUT2D eigenvalue weighted by Gasteiger charge is -2.22. The van der Waals surface area contributed by atoms with Crippen molar-refractivity contribution in [2.75, 3.05) is 18.0 Å². The largest absolute Gasteiger partial charge is 0.350 e. The molecule has 1 N–H and O–H groups in total. The number of nitrogens with zero attached hydrogens (tertiary/aromatic N) is 1. The van der Waals surface area contributed by atoms with Crippen molar-refractivity contribution in [1.82, 2.24) is 5.32 Å². The number of hydrogen-bond donors (Lipinski definition) is 1. The number of carbonyl (C=O) groups is 2. The van der Waals surface area contributed by atoms with Gasteiger partial charge < -0.3 is 10.2 Å². The Morgan fingerprint density at radius 3 is 2.17 bits per heavy atom. The maximum atomic E-state index is 12.1. The van der Waals surface area contributed by atoms with Gasteiger partial charge in [-0.3, -0.25) is 9.59 Å². The third-order valence-electron chi connectivity index (χ3n) is 3.47. The Bertz CT molecular complexity index is 725. The molecule has 4 nitrogen and oxygen atoms in total. The molecule has 0 heterocycles. The molecular formula is C18H18Cl2N2O2. The smallest absolute Gasteiger partial charge is 0.251 e. The van der Waals surface area contributed by atoms with E-state index in [1.165, 1.54) is 11.8 Å². The Morgan fingerprint density at radius 1 is 1.04 bits per heavy atom. The SMILES string of the molecule is CC(=O)N(CCNC(=O)c1ccc(C)cc1)c1cc(Cl)cc(Cl)c1.